The maximum absolute atomic E-state index is 11.6. The Bertz CT molecular complexity index is 864. The molecule has 8 nitrogen and oxygen atoms in total. The number of carbonyl (C=O) groups is 2. The average molecular weight is 384 g/mol. The van der Waals surface area contributed by atoms with E-state index >= 15 is 0 Å². The van der Waals surface area contributed by atoms with Crippen molar-refractivity contribution in [1.82, 2.24) is 5.32 Å². The van der Waals surface area contributed by atoms with E-state index in [1.54, 1.807) is 12.2 Å². The minimum atomic E-state index is -0.652. The molecule has 0 bridgehead atoms. The minimum absolute atomic E-state index is 0.0963. The van der Waals surface area contributed by atoms with Gasteiger partial charge in [0.25, 0.3) is 5.69 Å². The first-order valence-electron chi connectivity index (χ1n) is 8.48. The summed E-state index contributed by atoms with van der Waals surface area (Å²) in [5, 5.41) is 13.6. The number of nitro groups is 1. The molecule has 28 heavy (non-hydrogen) atoms. The lowest BCUT2D eigenvalue weighted by atomic mass is 10.1. The molecule has 2 aromatic carbocycles. The lowest BCUT2D eigenvalue weighted by molar-refractivity contribution is -0.384. The Morgan fingerprint density at radius 3 is 2.61 bits per heavy atom. The van der Waals surface area contributed by atoms with Gasteiger partial charge in [-0.1, -0.05) is 42.5 Å². The van der Waals surface area contributed by atoms with Crippen molar-refractivity contribution in [1.29, 1.82) is 0 Å². The molecule has 0 aromatic heterocycles. The van der Waals surface area contributed by atoms with Crippen molar-refractivity contribution in [3.05, 3.63) is 81.4 Å². The van der Waals surface area contributed by atoms with Crippen molar-refractivity contribution >= 4 is 23.8 Å². The molecule has 0 radical (unpaired) electrons. The predicted octanol–water partition coefficient (Wildman–Crippen LogP) is 3.71. The van der Waals surface area contributed by atoms with E-state index in [1.807, 2.05) is 30.3 Å². The van der Waals surface area contributed by atoms with Crippen LogP contribution in [0.25, 0.3) is 6.08 Å². The smallest absolute Gasteiger partial charge is 0.407 e. The Hall–Kier alpha value is -3.68. The Morgan fingerprint density at radius 2 is 1.93 bits per heavy atom. The van der Waals surface area contributed by atoms with Gasteiger partial charge in [0, 0.05) is 18.7 Å². The summed E-state index contributed by atoms with van der Waals surface area (Å²) in [7, 11) is 1.21. The predicted molar refractivity (Wildman–Crippen MR) is 103 cm³/mol. The third-order valence-electron chi connectivity index (χ3n) is 3.68. The van der Waals surface area contributed by atoms with Crippen LogP contribution in [0, 0.1) is 10.1 Å². The molecule has 2 rings (SSSR count). The van der Waals surface area contributed by atoms with Crippen LogP contribution < -0.4 is 5.32 Å². The van der Waals surface area contributed by atoms with Crippen LogP contribution in [0.4, 0.5) is 10.5 Å². The number of non-ortho nitro benzene ring substituents is 1. The number of hydrogen-bond acceptors (Lipinski definition) is 6. The summed E-state index contributed by atoms with van der Waals surface area (Å²) in [5.41, 5.74) is 1.27. The first-order valence-corrected chi connectivity index (χ1v) is 8.48. The second-order valence-electron chi connectivity index (χ2n) is 5.74. The van der Waals surface area contributed by atoms with Gasteiger partial charge in [-0.15, -0.1) is 0 Å². The number of amides is 1. The van der Waals surface area contributed by atoms with Gasteiger partial charge in [0.1, 0.15) is 6.61 Å². The zero-order valence-electron chi connectivity index (χ0n) is 15.3. The van der Waals surface area contributed by atoms with Crippen molar-refractivity contribution in [3.8, 4) is 0 Å². The van der Waals surface area contributed by atoms with Crippen molar-refractivity contribution in [2.45, 2.75) is 13.0 Å². The van der Waals surface area contributed by atoms with E-state index in [9.17, 15) is 19.7 Å². The van der Waals surface area contributed by atoms with Gasteiger partial charge in [0.15, 0.2) is 0 Å². The summed E-state index contributed by atoms with van der Waals surface area (Å²) in [6.45, 7) is 0.523. The average Bonchev–Trinajstić information content (AvgIpc) is 2.71. The molecule has 1 amide bonds. The molecule has 8 heteroatoms. The first-order chi connectivity index (χ1) is 13.5. The lowest BCUT2D eigenvalue weighted by Crippen LogP contribution is -2.24. The summed E-state index contributed by atoms with van der Waals surface area (Å²) < 4.78 is 9.69. The van der Waals surface area contributed by atoms with Crippen LogP contribution in [0.5, 0.6) is 0 Å². The van der Waals surface area contributed by atoms with Gasteiger partial charge in [-0.2, -0.15) is 0 Å². The zero-order chi connectivity index (χ0) is 20.4. The highest BCUT2D eigenvalue weighted by Gasteiger charge is 2.13. The summed E-state index contributed by atoms with van der Waals surface area (Å²) in [4.78, 5) is 33.7. The largest absolute Gasteiger partial charge is 0.465 e. The van der Waals surface area contributed by atoms with Crippen LogP contribution in [0.3, 0.4) is 0 Å². The molecule has 0 unspecified atom stereocenters. The molecular formula is C20H20N2O6. The summed E-state index contributed by atoms with van der Waals surface area (Å²) in [5.74, 6) is -0.652. The molecule has 0 aliphatic rings. The normalized spacial score (nSPS) is 10.5. The van der Waals surface area contributed by atoms with Gasteiger partial charge >= 0.3 is 12.1 Å². The SMILES string of the molecule is COC(=O)c1cc(C=CCCNC(=O)OCc2ccccc2)cc([N+](=O)[O-])c1. The van der Waals surface area contributed by atoms with Crippen LogP contribution in [0.1, 0.15) is 27.9 Å². The van der Waals surface area contributed by atoms with E-state index in [0.717, 1.165) is 11.6 Å². The Morgan fingerprint density at radius 1 is 1.18 bits per heavy atom. The van der Waals surface area contributed by atoms with Gasteiger partial charge in [0.2, 0.25) is 0 Å². The molecule has 0 aliphatic carbocycles. The third-order valence-corrected chi connectivity index (χ3v) is 3.68. The number of hydrogen-bond donors (Lipinski definition) is 1. The first kappa shape index (κ1) is 20.6. The molecule has 2 aromatic rings. The fourth-order valence-electron chi connectivity index (χ4n) is 2.32. The number of ether oxygens (including phenoxy) is 2. The molecule has 0 atom stereocenters. The lowest BCUT2D eigenvalue weighted by Gasteiger charge is -2.06. The van der Waals surface area contributed by atoms with Gasteiger partial charge in [-0.05, 0) is 23.6 Å². The van der Waals surface area contributed by atoms with Crippen molar-refractivity contribution in [2.24, 2.45) is 0 Å². The van der Waals surface area contributed by atoms with Crippen LogP contribution in [0.15, 0.2) is 54.6 Å². The number of rotatable bonds is 8. The van der Waals surface area contributed by atoms with Gasteiger partial charge in [-0.25, -0.2) is 9.59 Å². The van der Waals surface area contributed by atoms with Gasteiger partial charge < -0.3 is 14.8 Å². The molecule has 0 spiro atoms. The Labute approximate surface area is 161 Å². The number of alkyl carbamates (subject to hydrolysis) is 1. The maximum atomic E-state index is 11.6. The molecule has 0 aliphatic heterocycles. The summed E-state index contributed by atoms with van der Waals surface area (Å²) in [6.07, 6.45) is 3.32. The zero-order valence-corrected chi connectivity index (χ0v) is 15.3. The summed E-state index contributed by atoms with van der Waals surface area (Å²) >= 11 is 0. The molecule has 0 fully saturated rings. The highest BCUT2D eigenvalue weighted by atomic mass is 16.6. The van der Waals surface area contributed by atoms with E-state index in [1.165, 1.54) is 19.2 Å². The van der Waals surface area contributed by atoms with E-state index in [2.05, 4.69) is 10.1 Å². The fraction of sp³-hybridized carbons (Fsp3) is 0.200. The quantitative estimate of drug-likeness (QED) is 0.322. The molecule has 0 saturated carbocycles. The Balaban J connectivity index is 1.83. The van der Waals surface area contributed by atoms with Crippen LogP contribution in [0.2, 0.25) is 0 Å². The molecule has 1 N–H and O–H groups in total. The second kappa shape index (κ2) is 10.5. The van der Waals surface area contributed by atoms with Gasteiger partial charge in [-0.3, -0.25) is 10.1 Å². The highest BCUT2D eigenvalue weighted by molar-refractivity contribution is 5.91. The number of carbonyl (C=O) groups excluding carboxylic acids is 2. The van der Waals surface area contributed by atoms with E-state index in [4.69, 9.17) is 4.74 Å². The maximum Gasteiger partial charge on any atom is 0.407 e. The topological polar surface area (TPSA) is 108 Å². The minimum Gasteiger partial charge on any atom is -0.465 e. The van der Waals surface area contributed by atoms with Gasteiger partial charge in [0.05, 0.1) is 17.6 Å². The highest BCUT2D eigenvalue weighted by Crippen LogP contribution is 2.19. The van der Waals surface area contributed by atoms with E-state index in [-0.39, 0.29) is 17.9 Å². The van der Waals surface area contributed by atoms with E-state index in [0.29, 0.717) is 18.5 Å². The number of nitro benzene ring substituents is 1. The van der Waals surface area contributed by atoms with Crippen LogP contribution in [-0.2, 0) is 16.1 Å². The third kappa shape index (κ3) is 6.56. The van der Waals surface area contributed by atoms with Crippen molar-refractivity contribution in [3.63, 3.8) is 0 Å². The monoisotopic (exact) mass is 384 g/mol. The van der Waals surface area contributed by atoms with Crippen LogP contribution >= 0.6 is 0 Å². The van der Waals surface area contributed by atoms with Crippen molar-refractivity contribution in [2.75, 3.05) is 13.7 Å². The Kier molecular flexibility index (Phi) is 7.71. The number of benzene rings is 2. The number of nitrogens with zero attached hydrogens (tertiary/aromatic N) is 1. The molecule has 0 saturated heterocycles. The number of nitrogens with one attached hydrogen (secondary N) is 1. The molecule has 146 valence electrons. The molecule has 0 heterocycles. The van der Waals surface area contributed by atoms with E-state index < -0.39 is 17.0 Å². The second-order valence-corrected chi connectivity index (χ2v) is 5.74. The summed E-state index contributed by atoms with van der Waals surface area (Å²) in [6, 6.07) is 13.3. The molecular weight excluding hydrogens is 364 g/mol. The fourth-order valence-corrected chi connectivity index (χ4v) is 2.32. The number of methoxy groups -OCH3 is 1. The standard InChI is InChI=1S/C20H20N2O6/c1-27-19(23)17-11-16(12-18(13-17)22(25)26)9-5-6-10-21-20(24)28-14-15-7-3-2-4-8-15/h2-5,7-9,11-13H,6,10,14H2,1H3,(H,21,24). The number of esters is 1. The van der Waals surface area contributed by atoms with Crippen LogP contribution in [-0.4, -0.2) is 30.6 Å². The van der Waals surface area contributed by atoms with Crippen molar-refractivity contribution < 1.29 is 24.0 Å².